The molecule has 0 aliphatic heterocycles. The normalized spacial score (nSPS) is 12.6. The van der Waals surface area contributed by atoms with Crippen LogP contribution in [0.2, 0.25) is 5.02 Å². The van der Waals surface area contributed by atoms with Gasteiger partial charge in [0.05, 0.1) is 34.6 Å². The molecule has 1 heterocycles. The summed E-state index contributed by atoms with van der Waals surface area (Å²) in [4.78, 5) is 8.94. The fraction of sp³-hybridized carbons (Fsp3) is 0.273. The van der Waals surface area contributed by atoms with E-state index in [-0.39, 0.29) is 35.2 Å². The number of anilines is 3. The monoisotopic (exact) mass is 450 g/mol. The fourth-order valence-electron chi connectivity index (χ4n) is 2.85. The number of nitrogens with one attached hydrogen (secondary N) is 2. The van der Waals surface area contributed by atoms with E-state index in [1.807, 2.05) is 44.2 Å². The zero-order valence-electron chi connectivity index (χ0n) is 16.9. The van der Waals surface area contributed by atoms with E-state index in [1.54, 1.807) is 6.07 Å². The number of aliphatic hydroxyl groups excluding tert-OH is 1. The number of rotatable bonds is 7. The molecule has 0 aliphatic rings. The molecule has 0 amide bonds. The second kappa shape index (κ2) is 9.53. The van der Waals surface area contributed by atoms with Crippen LogP contribution in [0.15, 0.2) is 54.6 Å². The van der Waals surface area contributed by atoms with Crippen LogP contribution in [0.3, 0.4) is 0 Å². The minimum Gasteiger partial charge on any atom is -0.394 e. The Morgan fingerprint density at radius 2 is 1.74 bits per heavy atom. The first-order chi connectivity index (χ1) is 14.7. The lowest BCUT2D eigenvalue weighted by atomic mass is 10.1. The maximum absolute atomic E-state index is 12.9. The van der Waals surface area contributed by atoms with E-state index >= 15 is 0 Å². The lowest BCUT2D eigenvalue weighted by molar-refractivity contribution is -0.137. The van der Waals surface area contributed by atoms with E-state index in [0.717, 1.165) is 17.7 Å². The maximum atomic E-state index is 12.9. The minimum absolute atomic E-state index is 0.0837. The molecule has 0 radical (unpaired) electrons. The first-order valence-electron chi connectivity index (χ1n) is 9.63. The van der Waals surface area contributed by atoms with Crippen molar-refractivity contribution in [3.05, 3.63) is 65.2 Å². The molecule has 31 heavy (non-hydrogen) atoms. The summed E-state index contributed by atoms with van der Waals surface area (Å²) in [6, 6.07) is 13.9. The molecule has 3 aromatic rings. The molecule has 0 spiro atoms. The van der Waals surface area contributed by atoms with E-state index in [4.69, 9.17) is 11.6 Å². The number of hydrogen-bond acceptors (Lipinski definition) is 5. The summed E-state index contributed by atoms with van der Waals surface area (Å²) in [7, 11) is 0. The Hall–Kier alpha value is -2.84. The number of hydrogen-bond donors (Lipinski definition) is 3. The Morgan fingerprint density at radius 3 is 2.32 bits per heavy atom. The van der Waals surface area contributed by atoms with Gasteiger partial charge < -0.3 is 15.7 Å². The van der Waals surface area contributed by atoms with Crippen LogP contribution >= 0.6 is 11.6 Å². The van der Waals surface area contributed by atoms with E-state index in [9.17, 15) is 18.3 Å². The molecule has 0 unspecified atom stereocenters. The number of alkyl halides is 3. The van der Waals surface area contributed by atoms with Crippen LogP contribution in [0, 0.1) is 5.92 Å². The molecule has 1 aromatic heterocycles. The molecule has 0 bridgehead atoms. The van der Waals surface area contributed by atoms with Gasteiger partial charge >= 0.3 is 6.18 Å². The third-order valence-corrected chi connectivity index (χ3v) is 4.98. The van der Waals surface area contributed by atoms with Crippen molar-refractivity contribution in [1.82, 2.24) is 9.97 Å². The van der Waals surface area contributed by atoms with Crippen molar-refractivity contribution in [2.45, 2.75) is 26.1 Å². The largest absolute Gasteiger partial charge is 0.416 e. The second-order valence-electron chi connectivity index (χ2n) is 7.32. The molecule has 9 heteroatoms. The summed E-state index contributed by atoms with van der Waals surface area (Å²) in [5.74, 6) is 0.743. The molecule has 3 rings (SSSR count). The fourth-order valence-corrected chi connectivity index (χ4v) is 3.08. The van der Waals surface area contributed by atoms with Crippen molar-refractivity contribution in [3.8, 4) is 11.3 Å². The summed E-state index contributed by atoms with van der Waals surface area (Å²) in [5.41, 5.74) is 0.880. The Balaban J connectivity index is 1.98. The van der Waals surface area contributed by atoms with E-state index in [2.05, 4.69) is 20.6 Å². The molecule has 1 atom stereocenters. The minimum atomic E-state index is -4.48. The number of nitrogens with zero attached hydrogens (tertiary/aromatic N) is 2. The maximum Gasteiger partial charge on any atom is 0.416 e. The quantitative estimate of drug-likeness (QED) is 0.412. The predicted molar refractivity (Wildman–Crippen MR) is 117 cm³/mol. The van der Waals surface area contributed by atoms with Gasteiger partial charge in [0.15, 0.2) is 0 Å². The summed E-state index contributed by atoms with van der Waals surface area (Å²) in [6.45, 7) is 3.80. The summed E-state index contributed by atoms with van der Waals surface area (Å²) >= 11 is 6.08. The van der Waals surface area contributed by atoms with Gasteiger partial charge in [0.2, 0.25) is 5.95 Å². The third-order valence-electron chi connectivity index (χ3n) is 4.67. The molecule has 5 nitrogen and oxygen atoms in total. The number of aliphatic hydroxyl groups is 1. The van der Waals surface area contributed by atoms with E-state index < -0.39 is 11.7 Å². The molecule has 0 saturated carbocycles. The molecule has 2 aromatic carbocycles. The van der Waals surface area contributed by atoms with Crippen molar-refractivity contribution in [2.75, 3.05) is 17.2 Å². The Kier molecular flexibility index (Phi) is 7.02. The highest BCUT2D eigenvalue weighted by Crippen LogP contribution is 2.35. The van der Waals surface area contributed by atoms with Crippen LogP contribution in [0.25, 0.3) is 11.3 Å². The number of halogens is 4. The lowest BCUT2D eigenvalue weighted by Gasteiger charge is -2.21. The number of aromatic nitrogens is 2. The van der Waals surface area contributed by atoms with Gasteiger partial charge in [-0.05, 0) is 24.1 Å². The summed E-state index contributed by atoms with van der Waals surface area (Å²) in [5, 5.41) is 15.6. The van der Waals surface area contributed by atoms with Crippen molar-refractivity contribution in [1.29, 1.82) is 0 Å². The van der Waals surface area contributed by atoms with Crippen molar-refractivity contribution in [3.63, 3.8) is 0 Å². The molecule has 0 fully saturated rings. The van der Waals surface area contributed by atoms with Crippen molar-refractivity contribution in [2.24, 2.45) is 5.92 Å². The third kappa shape index (κ3) is 5.86. The van der Waals surface area contributed by atoms with Gasteiger partial charge in [-0.3, -0.25) is 0 Å². The van der Waals surface area contributed by atoms with Gasteiger partial charge in [-0.2, -0.15) is 18.2 Å². The topological polar surface area (TPSA) is 70.1 Å². The molecule has 3 N–H and O–H groups in total. The Labute approximate surface area is 183 Å². The zero-order chi connectivity index (χ0) is 22.6. The zero-order valence-corrected chi connectivity index (χ0v) is 17.7. The van der Waals surface area contributed by atoms with E-state index in [0.29, 0.717) is 11.5 Å². The average Bonchev–Trinajstić information content (AvgIpc) is 2.73. The molecule has 0 saturated heterocycles. The van der Waals surface area contributed by atoms with Gasteiger partial charge in [-0.1, -0.05) is 55.8 Å². The summed E-state index contributed by atoms with van der Waals surface area (Å²) in [6.07, 6.45) is -4.48. The molecule has 164 valence electrons. The first kappa shape index (κ1) is 22.8. The molecular weight excluding hydrogens is 429 g/mol. The summed E-state index contributed by atoms with van der Waals surface area (Å²) < 4.78 is 38.7. The van der Waals surface area contributed by atoms with Gasteiger partial charge in [-0.25, -0.2) is 4.98 Å². The molecule has 0 aliphatic carbocycles. The SMILES string of the molecule is CC(C)[C@@H](CO)Nc1nc(Nc2ccc(C(F)(F)F)cc2Cl)cc(-c2ccccc2)n1. The molecular formula is C22H22ClF3N4O. The lowest BCUT2D eigenvalue weighted by Crippen LogP contribution is -2.30. The van der Waals surface area contributed by atoms with Crippen LogP contribution in [0.5, 0.6) is 0 Å². The van der Waals surface area contributed by atoms with Crippen molar-refractivity contribution < 1.29 is 18.3 Å². The van der Waals surface area contributed by atoms with Crippen LogP contribution in [-0.2, 0) is 6.18 Å². The van der Waals surface area contributed by atoms with Crippen molar-refractivity contribution >= 4 is 29.1 Å². The van der Waals surface area contributed by atoms with E-state index in [1.165, 1.54) is 6.07 Å². The predicted octanol–water partition coefficient (Wildman–Crippen LogP) is 5.99. The van der Waals surface area contributed by atoms with Crippen LogP contribution < -0.4 is 10.6 Å². The smallest absolute Gasteiger partial charge is 0.394 e. The van der Waals surface area contributed by atoms with Crippen LogP contribution in [0.4, 0.5) is 30.6 Å². The van der Waals surface area contributed by atoms with Crippen LogP contribution in [0.1, 0.15) is 19.4 Å². The standard InChI is InChI=1S/C22H22ClF3N4O/c1-13(2)19(12-31)29-21-28-18(14-6-4-3-5-7-14)11-20(30-21)27-17-9-8-15(10-16(17)23)22(24,25)26/h3-11,13,19,31H,12H2,1-2H3,(H2,27,28,29,30)/t19-/m1/s1. The van der Waals surface area contributed by atoms with Gasteiger partial charge in [-0.15, -0.1) is 0 Å². The average molecular weight is 451 g/mol. The second-order valence-corrected chi connectivity index (χ2v) is 7.73. The van der Waals surface area contributed by atoms with Gasteiger partial charge in [0, 0.05) is 11.6 Å². The Bertz CT molecular complexity index is 1030. The first-order valence-corrected chi connectivity index (χ1v) is 10.0. The highest BCUT2D eigenvalue weighted by molar-refractivity contribution is 6.33. The Morgan fingerprint density at radius 1 is 1.03 bits per heavy atom. The van der Waals surface area contributed by atoms with Gasteiger partial charge in [0.1, 0.15) is 5.82 Å². The number of benzene rings is 2. The van der Waals surface area contributed by atoms with Gasteiger partial charge in [0.25, 0.3) is 0 Å². The highest BCUT2D eigenvalue weighted by atomic mass is 35.5. The highest BCUT2D eigenvalue weighted by Gasteiger charge is 2.31. The van der Waals surface area contributed by atoms with Crippen LogP contribution in [-0.4, -0.2) is 27.7 Å².